The van der Waals surface area contributed by atoms with Crippen LogP contribution in [0.25, 0.3) is 0 Å². The summed E-state index contributed by atoms with van der Waals surface area (Å²) in [5.74, 6) is 12.6. The van der Waals surface area contributed by atoms with E-state index in [4.69, 9.17) is 0 Å². The van der Waals surface area contributed by atoms with Gasteiger partial charge in [-0.3, -0.25) is 0 Å². The lowest BCUT2D eigenvalue weighted by atomic mass is 9.79. The van der Waals surface area contributed by atoms with Gasteiger partial charge in [-0.2, -0.15) is 0 Å². The molecule has 102 valence electrons. The Kier molecular flexibility index (Phi) is 2.92. The van der Waals surface area contributed by atoms with Gasteiger partial charge in [0.2, 0.25) is 0 Å². The lowest BCUT2D eigenvalue weighted by molar-refractivity contribution is 0.282. The highest BCUT2D eigenvalue weighted by molar-refractivity contribution is 6.83. The molecule has 19 heavy (non-hydrogen) atoms. The average Bonchev–Trinajstić information content (AvgIpc) is 3.18. The summed E-state index contributed by atoms with van der Waals surface area (Å²) in [4.78, 5) is 0. The second-order valence-corrected chi connectivity index (χ2v) is 12.4. The summed E-state index contributed by atoms with van der Waals surface area (Å²) in [7, 11) is -1.23. The zero-order chi connectivity index (χ0) is 13.7. The Morgan fingerprint density at radius 2 is 1.68 bits per heavy atom. The minimum Gasteiger partial charge on any atom is -0.131 e. The molecule has 2 atom stereocenters. The SMILES string of the molecule is CCCCC#CC12C3CCCC1C32C#C[Si](C)(C)C. The van der Waals surface area contributed by atoms with E-state index in [1.54, 1.807) is 0 Å². The van der Waals surface area contributed by atoms with Crippen LogP contribution in [-0.2, 0) is 0 Å². The zero-order valence-corrected chi connectivity index (χ0v) is 13.9. The molecule has 0 saturated heterocycles. The first kappa shape index (κ1) is 13.3. The maximum absolute atomic E-state index is 3.74. The third kappa shape index (κ3) is 1.75. The molecule has 0 aliphatic heterocycles. The van der Waals surface area contributed by atoms with Crippen LogP contribution in [-0.4, -0.2) is 8.07 Å². The van der Waals surface area contributed by atoms with Crippen molar-refractivity contribution < 1.29 is 0 Å². The molecule has 2 unspecified atom stereocenters. The molecule has 0 spiro atoms. The highest BCUT2D eigenvalue weighted by Crippen LogP contribution is 2.97. The van der Waals surface area contributed by atoms with E-state index in [1.165, 1.54) is 32.1 Å². The van der Waals surface area contributed by atoms with Gasteiger partial charge in [0.05, 0.1) is 10.8 Å². The Hall–Kier alpha value is -0.663. The van der Waals surface area contributed by atoms with Crippen LogP contribution in [0.1, 0.15) is 45.4 Å². The van der Waals surface area contributed by atoms with Gasteiger partial charge in [0.1, 0.15) is 8.07 Å². The molecule has 0 radical (unpaired) electrons. The van der Waals surface area contributed by atoms with Gasteiger partial charge in [-0.15, -0.1) is 17.4 Å². The molecule has 0 aromatic carbocycles. The van der Waals surface area contributed by atoms with Gasteiger partial charge >= 0.3 is 0 Å². The summed E-state index contributed by atoms with van der Waals surface area (Å²) < 4.78 is 0. The molecular formula is C18H26Si. The Balaban J connectivity index is 1.77. The molecule has 0 nitrogen and oxygen atoms in total. The van der Waals surface area contributed by atoms with Gasteiger partial charge in [-0.05, 0) is 31.1 Å². The van der Waals surface area contributed by atoms with Crippen LogP contribution in [0.3, 0.4) is 0 Å². The van der Waals surface area contributed by atoms with Crippen molar-refractivity contribution in [2.24, 2.45) is 22.7 Å². The van der Waals surface area contributed by atoms with E-state index in [9.17, 15) is 0 Å². The summed E-state index contributed by atoms with van der Waals surface area (Å²) in [5, 5.41) is 0. The Morgan fingerprint density at radius 1 is 1.05 bits per heavy atom. The van der Waals surface area contributed by atoms with Gasteiger partial charge in [0.25, 0.3) is 0 Å². The van der Waals surface area contributed by atoms with Crippen LogP contribution in [0, 0.1) is 46.0 Å². The quantitative estimate of drug-likeness (QED) is 0.394. The van der Waals surface area contributed by atoms with Crippen molar-refractivity contribution in [1.29, 1.82) is 0 Å². The zero-order valence-electron chi connectivity index (χ0n) is 12.9. The van der Waals surface area contributed by atoms with E-state index < -0.39 is 8.07 Å². The molecule has 3 saturated carbocycles. The lowest BCUT2D eigenvalue weighted by Crippen LogP contribution is -2.20. The monoisotopic (exact) mass is 270 g/mol. The third-order valence-electron chi connectivity index (χ3n) is 5.30. The van der Waals surface area contributed by atoms with Crippen LogP contribution >= 0.6 is 0 Å². The number of hydrogen-bond donors (Lipinski definition) is 0. The van der Waals surface area contributed by atoms with E-state index in [0.717, 1.165) is 18.3 Å². The number of rotatable bonds is 2. The third-order valence-corrected chi connectivity index (χ3v) is 6.17. The fourth-order valence-corrected chi connectivity index (χ4v) is 4.93. The summed E-state index contributed by atoms with van der Waals surface area (Å²) in [6.07, 6.45) is 7.80. The molecule has 3 aliphatic carbocycles. The molecule has 1 heteroatoms. The molecule has 0 aromatic heterocycles. The highest BCUT2D eigenvalue weighted by atomic mass is 28.3. The number of unbranched alkanes of at least 4 members (excludes halogenated alkanes) is 2. The molecule has 0 amide bonds. The summed E-state index contributed by atoms with van der Waals surface area (Å²) in [6.45, 7) is 9.30. The first-order valence-corrected chi connectivity index (χ1v) is 11.5. The molecule has 3 fully saturated rings. The summed E-state index contributed by atoms with van der Waals surface area (Å²) in [5.41, 5.74) is 4.40. The Labute approximate surface area is 119 Å². The smallest absolute Gasteiger partial charge is 0.129 e. The van der Waals surface area contributed by atoms with E-state index in [2.05, 4.69) is 49.9 Å². The molecule has 3 rings (SSSR count). The van der Waals surface area contributed by atoms with Crippen LogP contribution in [0.2, 0.25) is 19.6 Å². The maximum Gasteiger partial charge on any atom is 0.129 e. The van der Waals surface area contributed by atoms with E-state index in [-0.39, 0.29) is 0 Å². The van der Waals surface area contributed by atoms with E-state index in [0.29, 0.717) is 10.8 Å². The summed E-state index contributed by atoms with van der Waals surface area (Å²) >= 11 is 0. The van der Waals surface area contributed by atoms with E-state index >= 15 is 0 Å². The molecule has 0 aromatic rings. The van der Waals surface area contributed by atoms with Crippen molar-refractivity contribution in [3.8, 4) is 23.3 Å². The van der Waals surface area contributed by atoms with E-state index in [1.807, 2.05) is 0 Å². The van der Waals surface area contributed by atoms with Crippen molar-refractivity contribution in [2.75, 3.05) is 0 Å². The normalized spacial score (nSPS) is 41.3. The second-order valence-electron chi connectivity index (χ2n) is 7.68. The van der Waals surface area contributed by atoms with Crippen molar-refractivity contribution in [3.05, 3.63) is 0 Å². The number of hydrogen-bond acceptors (Lipinski definition) is 0. The minimum atomic E-state index is -1.23. The van der Waals surface area contributed by atoms with Crippen LogP contribution in [0.4, 0.5) is 0 Å². The Bertz CT molecular complexity index is 488. The minimum absolute atomic E-state index is 0.380. The fraction of sp³-hybridized carbons (Fsp3) is 0.778. The van der Waals surface area contributed by atoms with Gasteiger partial charge in [0.15, 0.2) is 0 Å². The molecular weight excluding hydrogens is 244 g/mol. The van der Waals surface area contributed by atoms with Crippen LogP contribution < -0.4 is 0 Å². The standard InChI is InChI=1S/C18H26Si/c1-5-6-7-8-12-17-15-10-9-11-16(17)18(15,17)13-14-19(2,3)4/h15-16H,5-7,9-11H2,1-4H3. The van der Waals surface area contributed by atoms with Crippen molar-refractivity contribution in [2.45, 2.75) is 65.1 Å². The van der Waals surface area contributed by atoms with Crippen molar-refractivity contribution in [3.63, 3.8) is 0 Å². The lowest BCUT2D eigenvalue weighted by Gasteiger charge is -2.24. The molecule has 3 aliphatic rings. The number of fused-ring (bicyclic) bond motifs is 2. The second kappa shape index (κ2) is 4.16. The average molecular weight is 270 g/mol. The molecule has 0 bridgehead atoms. The topological polar surface area (TPSA) is 0 Å². The highest BCUT2D eigenvalue weighted by Gasteiger charge is 2.97. The summed E-state index contributed by atoms with van der Waals surface area (Å²) in [6, 6.07) is 0. The van der Waals surface area contributed by atoms with Gasteiger partial charge in [-0.1, -0.05) is 45.3 Å². The molecule has 0 heterocycles. The van der Waals surface area contributed by atoms with Gasteiger partial charge in [-0.25, -0.2) is 0 Å². The van der Waals surface area contributed by atoms with Gasteiger partial charge in [0, 0.05) is 6.42 Å². The van der Waals surface area contributed by atoms with Crippen molar-refractivity contribution >= 4 is 8.07 Å². The first-order valence-electron chi connectivity index (χ1n) is 8.03. The van der Waals surface area contributed by atoms with Gasteiger partial charge < -0.3 is 0 Å². The maximum atomic E-state index is 3.74. The predicted molar refractivity (Wildman–Crippen MR) is 84.1 cm³/mol. The van der Waals surface area contributed by atoms with Crippen LogP contribution in [0.5, 0.6) is 0 Å². The fourth-order valence-electron chi connectivity index (χ4n) is 4.35. The Morgan fingerprint density at radius 3 is 2.26 bits per heavy atom. The molecule has 0 N–H and O–H groups in total. The van der Waals surface area contributed by atoms with Crippen molar-refractivity contribution in [1.82, 2.24) is 0 Å². The largest absolute Gasteiger partial charge is 0.131 e. The van der Waals surface area contributed by atoms with Crippen LogP contribution in [0.15, 0.2) is 0 Å². The first-order chi connectivity index (χ1) is 8.99. The predicted octanol–water partition coefficient (Wildman–Crippen LogP) is 4.48.